The average molecular weight is 492 g/mol. The predicted molar refractivity (Wildman–Crippen MR) is 116 cm³/mol. The molecule has 2 N–H and O–H groups in total. The van der Waals surface area contributed by atoms with Crippen molar-refractivity contribution in [1.82, 2.24) is 9.88 Å². The molecular weight excluding hydrogens is 474 g/mol. The van der Waals surface area contributed by atoms with Gasteiger partial charge in [0.05, 0.1) is 11.6 Å². The van der Waals surface area contributed by atoms with Crippen molar-refractivity contribution < 1.29 is 27.2 Å². The normalized spacial score (nSPS) is 16.1. The van der Waals surface area contributed by atoms with E-state index in [9.17, 15) is 27.2 Å². The van der Waals surface area contributed by atoms with Crippen molar-refractivity contribution in [1.29, 1.82) is 0 Å². The van der Waals surface area contributed by atoms with Crippen LogP contribution in [0, 0.1) is 5.82 Å². The number of nitrogens with two attached hydrogens (primary N) is 1. The molecule has 0 spiro atoms. The Morgan fingerprint density at radius 3 is 2.41 bits per heavy atom. The summed E-state index contributed by atoms with van der Waals surface area (Å²) in [7, 11) is 0. The predicted octanol–water partition coefficient (Wildman–Crippen LogP) is 5.25. The van der Waals surface area contributed by atoms with E-state index in [1.54, 1.807) is 30.3 Å². The Hall–Kier alpha value is -3.46. The lowest BCUT2D eigenvalue weighted by Gasteiger charge is -2.36. The summed E-state index contributed by atoms with van der Waals surface area (Å²) in [5, 5.41) is 0.113. The van der Waals surface area contributed by atoms with Gasteiger partial charge in [-0.05, 0) is 53.8 Å². The molecule has 1 heterocycles. The van der Waals surface area contributed by atoms with Gasteiger partial charge in [-0.1, -0.05) is 41.9 Å². The van der Waals surface area contributed by atoms with Gasteiger partial charge in [0, 0.05) is 11.2 Å². The fourth-order valence-corrected chi connectivity index (χ4v) is 4.50. The summed E-state index contributed by atoms with van der Waals surface area (Å²) >= 11 is 6.06. The minimum absolute atomic E-state index is 0.113. The van der Waals surface area contributed by atoms with Crippen molar-refractivity contribution in [3.8, 4) is 0 Å². The standard InChI is InChI=1S/C24H18ClF4N3O2/c25-15-10-17-16(18(26)11-15)7-8-19(17)32(21(22(30)33)13-4-2-1-3-5-13)23(34)14-6-9-20(31-12-14)24(27,28)29/h1-6,9-12,19,21H,7-8H2,(H2,30,33)/t19-,21+/m1/s1. The zero-order chi connectivity index (χ0) is 24.6. The lowest BCUT2D eigenvalue weighted by molar-refractivity contribution is -0.141. The zero-order valence-corrected chi connectivity index (χ0v) is 18.3. The van der Waals surface area contributed by atoms with E-state index >= 15 is 0 Å². The number of aromatic nitrogens is 1. The van der Waals surface area contributed by atoms with Crippen LogP contribution in [0.15, 0.2) is 60.8 Å². The van der Waals surface area contributed by atoms with Gasteiger partial charge < -0.3 is 10.6 Å². The summed E-state index contributed by atoms with van der Waals surface area (Å²) in [6.45, 7) is 0. The molecular formula is C24H18ClF4N3O2. The van der Waals surface area contributed by atoms with Gasteiger partial charge in [0.1, 0.15) is 17.6 Å². The molecule has 0 radical (unpaired) electrons. The molecule has 0 fully saturated rings. The first-order valence-corrected chi connectivity index (χ1v) is 10.6. The molecule has 10 heteroatoms. The number of alkyl halides is 3. The van der Waals surface area contributed by atoms with Crippen LogP contribution >= 0.6 is 11.6 Å². The topological polar surface area (TPSA) is 76.3 Å². The number of fused-ring (bicyclic) bond motifs is 1. The van der Waals surface area contributed by atoms with Crippen LogP contribution in [0.3, 0.4) is 0 Å². The van der Waals surface area contributed by atoms with Gasteiger partial charge in [0.2, 0.25) is 5.91 Å². The molecule has 0 unspecified atom stereocenters. The molecule has 0 saturated heterocycles. The van der Waals surface area contributed by atoms with Crippen LogP contribution in [-0.4, -0.2) is 21.7 Å². The van der Waals surface area contributed by atoms with Crippen molar-refractivity contribution in [3.63, 3.8) is 0 Å². The Bertz CT molecular complexity index is 1230. The number of rotatable bonds is 5. The highest BCUT2D eigenvalue weighted by atomic mass is 35.5. The molecule has 2 amide bonds. The van der Waals surface area contributed by atoms with Gasteiger partial charge in [0.25, 0.3) is 5.91 Å². The van der Waals surface area contributed by atoms with E-state index in [0.717, 1.165) is 18.3 Å². The van der Waals surface area contributed by atoms with E-state index in [1.807, 2.05) is 0 Å². The summed E-state index contributed by atoms with van der Waals surface area (Å²) in [6.07, 6.45) is -3.34. The Kier molecular flexibility index (Phi) is 6.31. The maximum atomic E-state index is 14.6. The molecule has 4 rings (SSSR count). The maximum Gasteiger partial charge on any atom is 0.433 e. The fraction of sp³-hybridized carbons (Fsp3) is 0.208. The SMILES string of the molecule is NC(=O)[C@H](c1ccccc1)N(C(=O)c1ccc(C(F)(F)F)nc1)[C@@H]1CCc2c(F)cc(Cl)cc21. The Balaban J connectivity index is 1.85. The third-order valence-electron chi connectivity index (χ3n) is 5.76. The molecule has 2 aromatic carbocycles. The molecule has 5 nitrogen and oxygen atoms in total. The van der Waals surface area contributed by atoms with Crippen LogP contribution in [0.5, 0.6) is 0 Å². The molecule has 0 aliphatic heterocycles. The Morgan fingerprint density at radius 1 is 1.12 bits per heavy atom. The van der Waals surface area contributed by atoms with Crippen LogP contribution in [0.25, 0.3) is 0 Å². The number of benzene rings is 2. The molecule has 1 aromatic heterocycles. The van der Waals surface area contributed by atoms with Gasteiger partial charge in [-0.25, -0.2) is 4.39 Å². The van der Waals surface area contributed by atoms with Crippen LogP contribution in [0.4, 0.5) is 17.6 Å². The zero-order valence-electron chi connectivity index (χ0n) is 17.5. The molecule has 1 aliphatic carbocycles. The maximum absolute atomic E-state index is 14.6. The van der Waals surface area contributed by atoms with E-state index in [-0.39, 0.29) is 23.4 Å². The number of carbonyl (C=O) groups is 2. The molecule has 0 bridgehead atoms. The minimum Gasteiger partial charge on any atom is -0.368 e. The van der Waals surface area contributed by atoms with Crippen LogP contribution in [-0.2, 0) is 17.4 Å². The average Bonchev–Trinajstić information content (AvgIpc) is 3.20. The number of hydrogen-bond donors (Lipinski definition) is 1. The molecule has 34 heavy (non-hydrogen) atoms. The monoisotopic (exact) mass is 491 g/mol. The fourth-order valence-electron chi connectivity index (χ4n) is 4.28. The van der Waals surface area contributed by atoms with Gasteiger partial charge >= 0.3 is 6.18 Å². The smallest absolute Gasteiger partial charge is 0.368 e. The number of amides is 2. The molecule has 2 atom stereocenters. The van der Waals surface area contributed by atoms with E-state index < -0.39 is 41.6 Å². The number of hydrogen-bond acceptors (Lipinski definition) is 3. The second-order valence-electron chi connectivity index (χ2n) is 7.87. The summed E-state index contributed by atoms with van der Waals surface area (Å²) in [6, 6.07) is 10.5. The summed E-state index contributed by atoms with van der Waals surface area (Å²) < 4.78 is 53.4. The van der Waals surface area contributed by atoms with Crippen LogP contribution in [0.1, 0.15) is 51.2 Å². The highest BCUT2D eigenvalue weighted by molar-refractivity contribution is 6.30. The van der Waals surface area contributed by atoms with Crippen molar-refractivity contribution in [2.45, 2.75) is 31.1 Å². The summed E-state index contributed by atoms with van der Waals surface area (Å²) in [5.74, 6) is -2.16. The van der Waals surface area contributed by atoms with E-state index in [0.29, 0.717) is 22.8 Å². The lowest BCUT2D eigenvalue weighted by Crippen LogP contribution is -2.43. The Morgan fingerprint density at radius 2 is 1.82 bits per heavy atom. The first-order valence-electron chi connectivity index (χ1n) is 10.3. The van der Waals surface area contributed by atoms with E-state index in [2.05, 4.69) is 4.98 Å². The number of pyridine rings is 1. The Labute approximate surface area is 197 Å². The second kappa shape index (κ2) is 9.06. The number of halogens is 5. The minimum atomic E-state index is -4.68. The van der Waals surface area contributed by atoms with Gasteiger partial charge in [-0.15, -0.1) is 0 Å². The number of carbonyl (C=O) groups excluding carboxylic acids is 2. The van der Waals surface area contributed by atoms with Gasteiger partial charge in [-0.3, -0.25) is 14.6 Å². The van der Waals surface area contributed by atoms with Crippen LogP contribution < -0.4 is 5.73 Å². The molecule has 3 aromatic rings. The third kappa shape index (κ3) is 4.48. The lowest BCUT2D eigenvalue weighted by atomic mass is 9.98. The quantitative estimate of drug-likeness (QED) is 0.495. The highest BCUT2D eigenvalue weighted by Gasteiger charge is 2.41. The van der Waals surface area contributed by atoms with Crippen LogP contribution in [0.2, 0.25) is 5.02 Å². The largest absolute Gasteiger partial charge is 0.433 e. The van der Waals surface area contributed by atoms with Crippen molar-refractivity contribution in [3.05, 3.63) is 99.6 Å². The van der Waals surface area contributed by atoms with Gasteiger partial charge in [0.15, 0.2) is 0 Å². The first kappa shape index (κ1) is 23.7. The van der Waals surface area contributed by atoms with E-state index in [4.69, 9.17) is 17.3 Å². The van der Waals surface area contributed by atoms with Crippen molar-refractivity contribution in [2.75, 3.05) is 0 Å². The van der Waals surface area contributed by atoms with Crippen molar-refractivity contribution in [2.24, 2.45) is 5.73 Å². The summed E-state index contributed by atoms with van der Waals surface area (Å²) in [5.41, 5.74) is 5.55. The number of primary amides is 1. The molecule has 1 aliphatic rings. The highest BCUT2D eigenvalue weighted by Crippen LogP contribution is 2.43. The molecule has 176 valence electrons. The second-order valence-corrected chi connectivity index (χ2v) is 8.30. The molecule has 0 saturated carbocycles. The number of nitrogens with zero attached hydrogens (tertiary/aromatic N) is 2. The summed E-state index contributed by atoms with van der Waals surface area (Å²) in [4.78, 5) is 30.8. The third-order valence-corrected chi connectivity index (χ3v) is 5.97. The first-order chi connectivity index (χ1) is 16.1. The van der Waals surface area contributed by atoms with E-state index in [1.165, 1.54) is 11.0 Å². The van der Waals surface area contributed by atoms with Crippen molar-refractivity contribution >= 4 is 23.4 Å². The van der Waals surface area contributed by atoms with Gasteiger partial charge in [-0.2, -0.15) is 13.2 Å².